The van der Waals surface area contributed by atoms with Crippen molar-refractivity contribution >= 4 is 90.7 Å². The lowest BCUT2D eigenvalue weighted by molar-refractivity contribution is 0.323. The minimum absolute atomic E-state index is 0.419. The molecule has 1 aliphatic carbocycles. The summed E-state index contributed by atoms with van der Waals surface area (Å²) in [6.45, 7) is 14.7. The minimum atomic E-state index is -0.803. The Labute approximate surface area is 595 Å². The van der Waals surface area contributed by atoms with Gasteiger partial charge in [0.05, 0.1) is 0 Å². The molecule has 97 heavy (non-hydrogen) atoms. The predicted octanol–water partition coefficient (Wildman–Crippen LogP) is 22.2. The number of nitrogens with zero attached hydrogens (tertiary/aromatic N) is 3. The Balaban J connectivity index is 0.825. The third-order valence-electron chi connectivity index (χ3n) is 20.0. The van der Waals surface area contributed by atoms with E-state index in [9.17, 15) is 0 Å². The fourth-order valence-corrected chi connectivity index (χ4v) is 34.8. The molecule has 0 N–H and O–H groups in total. The second kappa shape index (κ2) is 36.6. The van der Waals surface area contributed by atoms with E-state index in [1.807, 2.05) is 6.08 Å². The van der Waals surface area contributed by atoms with E-state index in [4.69, 9.17) is 0 Å². The van der Waals surface area contributed by atoms with Crippen molar-refractivity contribution in [1.82, 2.24) is 13.6 Å². The van der Waals surface area contributed by atoms with Crippen molar-refractivity contribution in [3.63, 3.8) is 0 Å². The van der Waals surface area contributed by atoms with Crippen LogP contribution in [0.4, 0.5) is 0 Å². The van der Waals surface area contributed by atoms with Gasteiger partial charge in [-0.3, -0.25) is 13.6 Å². The van der Waals surface area contributed by atoms with E-state index in [0.29, 0.717) is 40.0 Å². The Kier molecular flexibility index (Phi) is 27.1. The molecular weight excluding hydrogens is 1300 g/mol. The summed E-state index contributed by atoms with van der Waals surface area (Å²) >= 11 is 0. The third kappa shape index (κ3) is 18.1. The first kappa shape index (κ1) is 71.9. The van der Waals surface area contributed by atoms with Gasteiger partial charge in [-0.1, -0.05) is 326 Å². The molecule has 13 atom stereocenters. The zero-order chi connectivity index (χ0) is 66.7. The molecule has 10 heteroatoms. The number of hydrogen-bond donors (Lipinski definition) is 0. The molecule has 2 heterocycles. The first-order valence-corrected chi connectivity index (χ1v) is 44.3. The normalized spacial score (nSPS) is 21.9. The lowest BCUT2D eigenvalue weighted by atomic mass is 9.94. The number of rotatable bonds is 31. The van der Waals surface area contributed by atoms with Crippen LogP contribution in [0.25, 0.3) is 0 Å². The minimum Gasteiger partial charge on any atom is -0.271 e. The number of allylic oxidation sites excluding steroid dienone is 5. The van der Waals surface area contributed by atoms with Gasteiger partial charge in [0, 0.05) is 78.2 Å². The number of hydrogen-bond acceptors (Lipinski definition) is 3. The van der Waals surface area contributed by atoms with E-state index in [2.05, 4.69) is 332 Å². The van der Waals surface area contributed by atoms with Gasteiger partial charge in [-0.05, 0) is 163 Å². The van der Waals surface area contributed by atoms with E-state index in [1.54, 1.807) is 0 Å². The summed E-state index contributed by atoms with van der Waals surface area (Å²) in [5.74, 6) is 0.513. The van der Waals surface area contributed by atoms with Gasteiger partial charge in [0.25, 0.3) is 0 Å². The van der Waals surface area contributed by atoms with Crippen molar-refractivity contribution in [2.24, 2.45) is 0 Å². The van der Waals surface area contributed by atoms with Crippen molar-refractivity contribution in [3.8, 4) is 0 Å². The Morgan fingerprint density at radius 1 is 0.433 bits per heavy atom. The largest absolute Gasteiger partial charge is 0.271 e. The maximum Gasteiger partial charge on any atom is 0.0318 e. The highest BCUT2D eigenvalue weighted by atomic mass is 31.2. The molecule has 0 bridgehead atoms. The smallest absolute Gasteiger partial charge is 0.0318 e. The molecule has 9 aromatic rings. The fourth-order valence-electron chi connectivity index (χ4n) is 15.2. The van der Waals surface area contributed by atoms with E-state index >= 15 is 0 Å². The summed E-state index contributed by atoms with van der Waals surface area (Å²) in [5, 5.41) is 9.32. The van der Waals surface area contributed by atoms with Crippen LogP contribution in [0.3, 0.4) is 0 Å². The first-order valence-electron chi connectivity index (χ1n) is 36.2. The van der Waals surface area contributed by atoms with Gasteiger partial charge in [-0.25, -0.2) is 0 Å². The molecule has 12 rings (SSSR count). The summed E-state index contributed by atoms with van der Waals surface area (Å²) in [6.07, 6.45) is 25.7. The second-order valence-electron chi connectivity index (χ2n) is 26.7. The molecule has 7 unspecified atom stereocenters. The van der Waals surface area contributed by atoms with Gasteiger partial charge < -0.3 is 0 Å². The average molecular weight is 1410 g/mol. The molecule has 2 aliphatic heterocycles. The summed E-state index contributed by atoms with van der Waals surface area (Å²) in [5.41, 5.74) is 11.9. The van der Waals surface area contributed by atoms with E-state index in [1.165, 1.54) is 141 Å². The Morgan fingerprint density at radius 3 is 1.36 bits per heavy atom. The van der Waals surface area contributed by atoms with Gasteiger partial charge in [-0.15, -0.1) is 18.5 Å². The Bertz CT molecular complexity index is 3820. The molecular formula is C87H102N3P7. The molecule has 2 saturated heterocycles. The fraction of sp³-hybridized carbons (Fsp3) is 0.310. The van der Waals surface area contributed by atoms with Crippen molar-refractivity contribution in [3.05, 3.63) is 325 Å². The van der Waals surface area contributed by atoms with Gasteiger partial charge >= 0.3 is 0 Å². The molecule has 9 aromatic carbocycles. The summed E-state index contributed by atoms with van der Waals surface area (Å²) in [4.78, 5) is 0. The van der Waals surface area contributed by atoms with Crippen LogP contribution in [0.2, 0.25) is 0 Å². The van der Waals surface area contributed by atoms with Gasteiger partial charge in [-0.2, -0.15) is 0 Å². The van der Waals surface area contributed by atoms with Gasteiger partial charge in [0.15, 0.2) is 0 Å². The van der Waals surface area contributed by atoms with Crippen LogP contribution >= 0.6 is 58.8 Å². The molecule has 0 radical (unpaired) electrons. The SMILES string of the molecule is C=C/C=C(\C=C/[C@@H]1CC[C@@H](c2ccc(Cc3ccc(P(c4ccccc4)N(CCCC)P4[C@@H](c5ccccc5)CC[C@@H]4P)cc3)cc2)P1N(CCCC)P(c1ccccc1)c1ccccc1)Cc1ccc(P(c2ccccc2)N(CCCC)C2[C@H](P)CC[C@H]2c2ccccc2)cc1. The molecule has 3 nitrogen and oxygen atoms in total. The van der Waals surface area contributed by atoms with E-state index < -0.39 is 40.4 Å². The summed E-state index contributed by atoms with van der Waals surface area (Å²) in [7, 11) is 3.24. The van der Waals surface area contributed by atoms with Crippen LogP contribution < -0.4 is 31.8 Å². The summed E-state index contributed by atoms with van der Waals surface area (Å²) in [6, 6.07) is 99.1. The quantitative estimate of drug-likeness (QED) is 0.0317. The maximum absolute atomic E-state index is 4.31. The van der Waals surface area contributed by atoms with Gasteiger partial charge in [0.1, 0.15) is 0 Å². The predicted molar refractivity (Wildman–Crippen MR) is 440 cm³/mol. The molecule has 500 valence electrons. The van der Waals surface area contributed by atoms with Crippen molar-refractivity contribution in [2.45, 2.75) is 151 Å². The van der Waals surface area contributed by atoms with E-state index in [-0.39, 0.29) is 0 Å². The Hall–Kier alpha value is -4.91. The van der Waals surface area contributed by atoms with Crippen LogP contribution in [0.15, 0.2) is 291 Å². The molecule has 1 saturated carbocycles. The Morgan fingerprint density at radius 2 is 0.845 bits per heavy atom. The average Bonchev–Trinajstić information content (AvgIpc) is 1.75. The van der Waals surface area contributed by atoms with Crippen molar-refractivity contribution < 1.29 is 0 Å². The maximum atomic E-state index is 4.31. The molecule has 3 aliphatic rings. The third-order valence-corrected chi connectivity index (χ3v) is 37.3. The van der Waals surface area contributed by atoms with Crippen LogP contribution in [-0.2, 0) is 12.8 Å². The van der Waals surface area contributed by atoms with E-state index in [0.717, 1.165) is 38.9 Å². The number of unbranched alkanes of at least 4 members (excludes halogenated alkanes) is 3. The molecule has 0 spiro atoms. The standard InChI is InChI=1S/C87H102N3P7/c1-5-9-63-88(87-82(58-59-83(87)91)72-31-18-12-19-32-72)93(75-35-22-14-23-36-75)79-52-46-70(47-53-79)66-68(30-8-4)45-56-81-57-60-84(96(81)89(64-10-6-2)94(76-37-24-15-25-38-76)77-39-26-16-27-40-77)74-50-43-69(44-51-74)67-71-48-54-80(55-49-71)95(78-41-28-17-29-42-78)90(65-11-7-3)97-85(61-62-86(97)92)73-33-20-13-21-34-73/h8,12-56,81-87H,4-7,9-11,57-67,91-92H2,1-3H3/b56-45-,68-30+/t81-,82+,83-,84+,85-,86-,87?,93?,95?,96?,97?/m1/s1. The lowest BCUT2D eigenvalue weighted by Gasteiger charge is -2.42. The lowest BCUT2D eigenvalue weighted by Crippen LogP contribution is -2.43. The monoisotopic (exact) mass is 1410 g/mol. The van der Waals surface area contributed by atoms with Crippen molar-refractivity contribution in [1.29, 1.82) is 0 Å². The molecule has 3 fully saturated rings. The van der Waals surface area contributed by atoms with Crippen LogP contribution in [0.1, 0.15) is 148 Å². The van der Waals surface area contributed by atoms with Crippen molar-refractivity contribution in [2.75, 3.05) is 19.6 Å². The molecule has 0 aromatic heterocycles. The zero-order valence-electron chi connectivity index (χ0n) is 57.6. The highest BCUT2D eigenvalue weighted by molar-refractivity contribution is 7.81. The molecule has 0 amide bonds. The second-order valence-corrected chi connectivity index (χ2v) is 41.1. The highest BCUT2D eigenvalue weighted by Crippen LogP contribution is 2.73. The zero-order valence-corrected chi connectivity index (χ0v) is 64.3. The van der Waals surface area contributed by atoms with Crippen LogP contribution in [0.5, 0.6) is 0 Å². The van der Waals surface area contributed by atoms with Crippen LogP contribution in [0, 0.1) is 0 Å². The van der Waals surface area contributed by atoms with Crippen LogP contribution in [-0.4, -0.2) is 55.9 Å². The number of benzene rings is 9. The topological polar surface area (TPSA) is 9.72 Å². The highest BCUT2D eigenvalue weighted by Gasteiger charge is 2.45. The summed E-state index contributed by atoms with van der Waals surface area (Å²) < 4.78 is 9.06. The first-order chi connectivity index (χ1) is 47.8. The van der Waals surface area contributed by atoms with Gasteiger partial charge in [0.2, 0.25) is 0 Å².